The van der Waals surface area contributed by atoms with Crippen molar-refractivity contribution < 1.29 is 14.7 Å². The van der Waals surface area contributed by atoms with Gasteiger partial charge in [0, 0.05) is 7.05 Å². The fraction of sp³-hybridized carbons (Fsp3) is 0.200. The number of anilines is 1. The smallest absolute Gasteiger partial charge is 0.337 e. The van der Waals surface area contributed by atoms with E-state index in [2.05, 4.69) is 0 Å². The van der Waals surface area contributed by atoms with Crippen molar-refractivity contribution >= 4 is 17.6 Å². The number of carbonyl (C=O) groups excluding carboxylic acids is 1. The molecular weight excluding hydrogens is 196 g/mol. The average molecular weight is 208 g/mol. The van der Waals surface area contributed by atoms with E-state index in [1.807, 2.05) is 0 Å². The highest BCUT2D eigenvalue weighted by Crippen LogP contribution is 2.18. The molecule has 0 fully saturated rings. The first-order chi connectivity index (χ1) is 7.07. The number of hydrogen-bond acceptors (Lipinski definition) is 3. The third-order valence-corrected chi connectivity index (χ3v) is 2.04. The van der Waals surface area contributed by atoms with Gasteiger partial charge in [-0.05, 0) is 12.1 Å². The van der Waals surface area contributed by atoms with Gasteiger partial charge in [0.1, 0.15) is 0 Å². The quantitative estimate of drug-likeness (QED) is 0.748. The summed E-state index contributed by atoms with van der Waals surface area (Å²) in [4.78, 5) is 23.4. The van der Waals surface area contributed by atoms with E-state index in [0.29, 0.717) is 5.69 Å². The Labute approximate surface area is 87.1 Å². The van der Waals surface area contributed by atoms with Crippen LogP contribution >= 0.6 is 0 Å². The molecule has 0 aliphatic carbocycles. The molecule has 1 aromatic carbocycles. The normalized spacial score (nSPS) is 9.73. The van der Waals surface area contributed by atoms with Gasteiger partial charge in [-0.15, -0.1) is 0 Å². The third-order valence-electron chi connectivity index (χ3n) is 2.04. The molecule has 1 amide bonds. The van der Waals surface area contributed by atoms with Crippen molar-refractivity contribution in [2.75, 3.05) is 18.5 Å². The van der Waals surface area contributed by atoms with E-state index in [9.17, 15) is 9.59 Å². The summed E-state index contributed by atoms with van der Waals surface area (Å²) in [6, 6.07) is 6.28. The van der Waals surface area contributed by atoms with Crippen LogP contribution in [-0.4, -0.2) is 30.6 Å². The van der Waals surface area contributed by atoms with Crippen LogP contribution in [-0.2, 0) is 4.79 Å². The van der Waals surface area contributed by atoms with E-state index >= 15 is 0 Å². The third kappa shape index (κ3) is 2.32. The molecule has 15 heavy (non-hydrogen) atoms. The summed E-state index contributed by atoms with van der Waals surface area (Å²) in [5.74, 6) is -1.40. The van der Waals surface area contributed by atoms with Crippen molar-refractivity contribution in [3.63, 3.8) is 0 Å². The minimum atomic E-state index is -1.07. The van der Waals surface area contributed by atoms with Gasteiger partial charge in [-0.1, -0.05) is 12.1 Å². The second-order valence-corrected chi connectivity index (χ2v) is 2.98. The Morgan fingerprint density at radius 1 is 1.40 bits per heavy atom. The van der Waals surface area contributed by atoms with E-state index in [0.717, 1.165) is 0 Å². The number of nitrogens with zero attached hydrogens (tertiary/aromatic N) is 1. The molecule has 0 bridgehead atoms. The molecule has 0 atom stereocenters. The Balaban J connectivity index is 3.13. The van der Waals surface area contributed by atoms with Crippen LogP contribution in [0.2, 0.25) is 0 Å². The molecule has 0 saturated carbocycles. The summed E-state index contributed by atoms with van der Waals surface area (Å²) in [5, 5.41) is 8.90. The largest absolute Gasteiger partial charge is 0.478 e. The molecule has 1 rings (SSSR count). The maximum Gasteiger partial charge on any atom is 0.337 e. The zero-order chi connectivity index (χ0) is 11.4. The fourth-order valence-electron chi connectivity index (χ4n) is 1.22. The van der Waals surface area contributed by atoms with Gasteiger partial charge in [-0.2, -0.15) is 0 Å². The number of carboxylic acid groups (broad SMARTS) is 1. The van der Waals surface area contributed by atoms with Crippen molar-refractivity contribution in [1.29, 1.82) is 0 Å². The molecule has 5 nitrogen and oxygen atoms in total. The van der Waals surface area contributed by atoms with Gasteiger partial charge in [0.2, 0.25) is 5.91 Å². The maximum atomic E-state index is 11.3. The number of likely N-dealkylation sites (N-methyl/N-ethyl adjacent to an activating group) is 1. The monoisotopic (exact) mass is 208 g/mol. The Kier molecular flexibility index (Phi) is 3.41. The van der Waals surface area contributed by atoms with Crippen molar-refractivity contribution in [3.05, 3.63) is 29.8 Å². The van der Waals surface area contributed by atoms with Crippen LogP contribution in [0.4, 0.5) is 5.69 Å². The summed E-state index contributed by atoms with van der Waals surface area (Å²) >= 11 is 0. The highest BCUT2D eigenvalue weighted by atomic mass is 16.4. The molecular formula is C10H12N2O3. The van der Waals surface area contributed by atoms with Gasteiger partial charge in [-0.3, -0.25) is 4.79 Å². The molecule has 1 aromatic rings. The fourth-order valence-corrected chi connectivity index (χ4v) is 1.22. The molecule has 0 heterocycles. The van der Waals surface area contributed by atoms with E-state index in [1.54, 1.807) is 18.2 Å². The first-order valence-electron chi connectivity index (χ1n) is 4.37. The standard InChI is InChI=1S/C10H12N2O3/c1-12(9(13)6-11)8-5-3-2-4-7(8)10(14)15/h2-5H,6,11H2,1H3,(H,14,15). The van der Waals surface area contributed by atoms with E-state index < -0.39 is 5.97 Å². The van der Waals surface area contributed by atoms with Crippen molar-refractivity contribution in [1.82, 2.24) is 0 Å². The number of aromatic carboxylic acids is 1. The van der Waals surface area contributed by atoms with Crippen LogP contribution < -0.4 is 10.6 Å². The van der Waals surface area contributed by atoms with E-state index in [-0.39, 0.29) is 18.0 Å². The Bertz CT molecular complexity index is 390. The summed E-state index contributed by atoms with van der Waals surface area (Å²) in [5.41, 5.74) is 5.63. The minimum absolute atomic E-state index is 0.0850. The van der Waals surface area contributed by atoms with Crippen LogP contribution in [0.25, 0.3) is 0 Å². The molecule has 0 radical (unpaired) electrons. The summed E-state index contributed by atoms with van der Waals surface area (Å²) in [7, 11) is 1.50. The highest BCUT2D eigenvalue weighted by molar-refractivity contribution is 6.02. The molecule has 0 aliphatic rings. The lowest BCUT2D eigenvalue weighted by atomic mass is 10.1. The summed E-state index contributed by atoms with van der Waals surface area (Å²) < 4.78 is 0. The van der Waals surface area contributed by atoms with Crippen LogP contribution in [0.3, 0.4) is 0 Å². The average Bonchev–Trinajstić information content (AvgIpc) is 2.27. The number of benzene rings is 1. The van der Waals surface area contributed by atoms with Crippen molar-refractivity contribution in [3.8, 4) is 0 Å². The molecule has 0 spiro atoms. The van der Waals surface area contributed by atoms with Gasteiger partial charge in [0.05, 0.1) is 17.8 Å². The van der Waals surface area contributed by atoms with E-state index in [4.69, 9.17) is 10.8 Å². The molecule has 5 heteroatoms. The lowest BCUT2D eigenvalue weighted by Gasteiger charge is -2.18. The number of amides is 1. The Morgan fingerprint density at radius 3 is 2.53 bits per heavy atom. The lowest BCUT2D eigenvalue weighted by molar-refractivity contribution is -0.117. The number of hydrogen-bond donors (Lipinski definition) is 2. The second kappa shape index (κ2) is 4.56. The number of carboxylic acids is 1. The van der Waals surface area contributed by atoms with Gasteiger partial charge < -0.3 is 15.7 Å². The Hall–Kier alpha value is -1.88. The predicted molar refractivity (Wildman–Crippen MR) is 55.9 cm³/mol. The van der Waals surface area contributed by atoms with Gasteiger partial charge in [0.15, 0.2) is 0 Å². The topological polar surface area (TPSA) is 83.6 Å². The summed E-state index contributed by atoms with van der Waals surface area (Å²) in [6.07, 6.45) is 0. The molecule has 0 saturated heterocycles. The highest BCUT2D eigenvalue weighted by Gasteiger charge is 2.16. The molecule has 80 valence electrons. The molecule has 0 unspecified atom stereocenters. The molecule has 0 aliphatic heterocycles. The number of rotatable bonds is 3. The Morgan fingerprint density at radius 2 is 2.00 bits per heavy atom. The summed E-state index contributed by atoms with van der Waals surface area (Å²) in [6.45, 7) is -0.148. The predicted octanol–water partition coefficient (Wildman–Crippen LogP) is 0.306. The first-order valence-corrected chi connectivity index (χ1v) is 4.37. The van der Waals surface area contributed by atoms with Crippen LogP contribution in [0.5, 0.6) is 0 Å². The number of nitrogens with two attached hydrogens (primary N) is 1. The minimum Gasteiger partial charge on any atom is -0.478 e. The van der Waals surface area contributed by atoms with Crippen LogP contribution in [0, 0.1) is 0 Å². The van der Waals surface area contributed by atoms with Gasteiger partial charge in [-0.25, -0.2) is 4.79 Å². The van der Waals surface area contributed by atoms with E-state index in [1.165, 1.54) is 18.0 Å². The zero-order valence-electron chi connectivity index (χ0n) is 8.30. The maximum absolute atomic E-state index is 11.3. The molecule has 0 aromatic heterocycles. The number of para-hydroxylation sites is 1. The SMILES string of the molecule is CN(C(=O)CN)c1ccccc1C(=O)O. The zero-order valence-corrected chi connectivity index (χ0v) is 8.30. The van der Waals surface area contributed by atoms with Crippen LogP contribution in [0.15, 0.2) is 24.3 Å². The van der Waals surface area contributed by atoms with Crippen LogP contribution in [0.1, 0.15) is 10.4 Å². The van der Waals surface area contributed by atoms with Crippen molar-refractivity contribution in [2.24, 2.45) is 5.73 Å². The van der Waals surface area contributed by atoms with Crippen molar-refractivity contribution in [2.45, 2.75) is 0 Å². The lowest BCUT2D eigenvalue weighted by Crippen LogP contribution is -2.33. The van der Waals surface area contributed by atoms with Gasteiger partial charge >= 0.3 is 5.97 Å². The van der Waals surface area contributed by atoms with Gasteiger partial charge in [0.25, 0.3) is 0 Å². The number of carbonyl (C=O) groups is 2. The second-order valence-electron chi connectivity index (χ2n) is 2.98. The molecule has 3 N–H and O–H groups in total. The first kappa shape index (κ1) is 11.2.